The van der Waals surface area contributed by atoms with E-state index in [1.807, 2.05) is 0 Å². The molecule has 0 bridgehead atoms. The van der Waals surface area contributed by atoms with Crippen LogP contribution in [-0.2, 0) is 28.6 Å². The molecule has 0 aliphatic heterocycles. The van der Waals surface area contributed by atoms with Gasteiger partial charge < -0.3 is 14.2 Å². The normalized spacial score (nSPS) is 12.7. The van der Waals surface area contributed by atoms with Crippen LogP contribution < -0.4 is 0 Å². The summed E-state index contributed by atoms with van der Waals surface area (Å²) in [5.74, 6) is -1.02. The lowest BCUT2D eigenvalue weighted by Crippen LogP contribution is -2.30. The summed E-state index contributed by atoms with van der Waals surface area (Å²) in [7, 11) is 0. The molecule has 0 saturated carbocycles. The van der Waals surface area contributed by atoms with E-state index in [4.69, 9.17) is 14.2 Å². The van der Waals surface area contributed by atoms with Crippen LogP contribution in [0.4, 0.5) is 0 Å². The first-order valence-electron chi connectivity index (χ1n) is 28.1. The number of rotatable bonds is 50. The standard InChI is InChI=1S/C61H104O6/c1-4-7-10-13-16-19-22-25-28-31-34-36-39-42-45-48-51-54-60(63)66-57-58(67-61(64)55-52-49-46-43-40-37-33-30-27-24-21-18-15-12-9-6-3)56-65-59(62)53-50-47-44-41-38-35-32-29-26-23-20-17-14-11-8-5-2/h25,28-30,32-38,40,42,45,58H,4-24,26-27,31,39,41,43-44,46-57H2,1-3H3/b28-25-,32-29-,33-30-,36-34-,38-35-,40-37-,45-42-. The minimum Gasteiger partial charge on any atom is -0.462 e. The number of hydrogen-bond acceptors (Lipinski definition) is 6. The number of unbranched alkanes of at least 4 members (excludes halogenated alkanes) is 27. The van der Waals surface area contributed by atoms with Crippen molar-refractivity contribution < 1.29 is 28.6 Å². The molecule has 0 aromatic heterocycles. The predicted molar refractivity (Wildman–Crippen MR) is 288 cm³/mol. The van der Waals surface area contributed by atoms with E-state index < -0.39 is 6.10 Å². The largest absolute Gasteiger partial charge is 0.462 e. The van der Waals surface area contributed by atoms with Crippen LogP contribution in [0.25, 0.3) is 0 Å². The molecule has 0 spiro atoms. The van der Waals surface area contributed by atoms with Crippen molar-refractivity contribution in [3.8, 4) is 0 Å². The van der Waals surface area contributed by atoms with E-state index in [1.165, 1.54) is 135 Å². The van der Waals surface area contributed by atoms with Gasteiger partial charge in [-0.1, -0.05) is 228 Å². The second-order valence-electron chi connectivity index (χ2n) is 18.5. The van der Waals surface area contributed by atoms with Gasteiger partial charge in [0, 0.05) is 19.3 Å². The molecule has 6 nitrogen and oxygen atoms in total. The third-order valence-electron chi connectivity index (χ3n) is 11.9. The molecule has 0 N–H and O–H groups in total. The van der Waals surface area contributed by atoms with Gasteiger partial charge in [0.25, 0.3) is 0 Å². The summed E-state index contributed by atoms with van der Waals surface area (Å²) in [6.45, 7) is 6.54. The quantitative estimate of drug-likeness (QED) is 0.0199. The highest BCUT2D eigenvalue weighted by molar-refractivity contribution is 5.71. The smallest absolute Gasteiger partial charge is 0.306 e. The highest BCUT2D eigenvalue weighted by Gasteiger charge is 2.19. The molecule has 384 valence electrons. The average molecular weight is 933 g/mol. The van der Waals surface area contributed by atoms with Gasteiger partial charge in [0.2, 0.25) is 0 Å². The van der Waals surface area contributed by atoms with Gasteiger partial charge in [0.15, 0.2) is 6.10 Å². The zero-order valence-corrected chi connectivity index (χ0v) is 43.9. The first kappa shape index (κ1) is 63.6. The van der Waals surface area contributed by atoms with Crippen LogP contribution in [0.3, 0.4) is 0 Å². The van der Waals surface area contributed by atoms with E-state index in [9.17, 15) is 14.4 Å². The van der Waals surface area contributed by atoms with Gasteiger partial charge in [-0.2, -0.15) is 0 Å². The molecule has 0 heterocycles. The average Bonchev–Trinajstić information content (AvgIpc) is 3.33. The second-order valence-corrected chi connectivity index (χ2v) is 18.5. The van der Waals surface area contributed by atoms with E-state index in [0.717, 1.165) is 83.5 Å². The molecule has 6 heteroatoms. The highest BCUT2D eigenvalue weighted by Crippen LogP contribution is 2.13. The summed E-state index contributed by atoms with van der Waals surface area (Å²) in [5.41, 5.74) is 0. The molecule has 0 fully saturated rings. The third-order valence-corrected chi connectivity index (χ3v) is 11.9. The van der Waals surface area contributed by atoms with Crippen molar-refractivity contribution >= 4 is 17.9 Å². The van der Waals surface area contributed by atoms with Crippen LogP contribution in [0, 0.1) is 0 Å². The maximum atomic E-state index is 12.8. The van der Waals surface area contributed by atoms with Gasteiger partial charge in [0.05, 0.1) is 0 Å². The molecule has 67 heavy (non-hydrogen) atoms. The van der Waals surface area contributed by atoms with E-state index >= 15 is 0 Å². The van der Waals surface area contributed by atoms with Gasteiger partial charge in [-0.05, 0) is 103 Å². The van der Waals surface area contributed by atoms with Gasteiger partial charge >= 0.3 is 17.9 Å². The van der Waals surface area contributed by atoms with Crippen LogP contribution in [0.15, 0.2) is 85.1 Å². The lowest BCUT2D eigenvalue weighted by atomic mass is 10.1. The Morgan fingerprint density at radius 1 is 0.313 bits per heavy atom. The highest BCUT2D eigenvalue weighted by atomic mass is 16.6. The van der Waals surface area contributed by atoms with Gasteiger partial charge in [0.1, 0.15) is 13.2 Å². The fraction of sp³-hybridized carbons (Fsp3) is 0.721. The van der Waals surface area contributed by atoms with E-state index in [0.29, 0.717) is 12.8 Å². The van der Waals surface area contributed by atoms with Crippen molar-refractivity contribution in [2.75, 3.05) is 13.2 Å². The van der Waals surface area contributed by atoms with Crippen LogP contribution >= 0.6 is 0 Å². The maximum absolute atomic E-state index is 12.8. The fourth-order valence-corrected chi connectivity index (χ4v) is 7.62. The van der Waals surface area contributed by atoms with Crippen molar-refractivity contribution in [3.05, 3.63) is 85.1 Å². The zero-order valence-electron chi connectivity index (χ0n) is 43.9. The summed E-state index contributed by atoms with van der Waals surface area (Å²) < 4.78 is 16.8. The summed E-state index contributed by atoms with van der Waals surface area (Å²) >= 11 is 0. The van der Waals surface area contributed by atoms with Crippen molar-refractivity contribution in [3.63, 3.8) is 0 Å². The first-order chi connectivity index (χ1) is 33.0. The minimum absolute atomic E-state index is 0.117. The van der Waals surface area contributed by atoms with Crippen molar-refractivity contribution in [2.24, 2.45) is 0 Å². The number of carbonyl (C=O) groups excluding carboxylic acids is 3. The fourth-order valence-electron chi connectivity index (χ4n) is 7.62. The molecular weight excluding hydrogens is 829 g/mol. The topological polar surface area (TPSA) is 78.9 Å². The lowest BCUT2D eigenvalue weighted by Gasteiger charge is -2.18. The monoisotopic (exact) mass is 933 g/mol. The van der Waals surface area contributed by atoms with E-state index in [1.54, 1.807) is 0 Å². The Kier molecular flexibility index (Phi) is 52.4. The van der Waals surface area contributed by atoms with Crippen LogP contribution in [0.5, 0.6) is 0 Å². The van der Waals surface area contributed by atoms with E-state index in [-0.39, 0.29) is 44.0 Å². The molecule has 0 rings (SSSR count). The van der Waals surface area contributed by atoms with Crippen molar-refractivity contribution in [1.29, 1.82) is 0 Å². The first-order valence-corrected chi connectivity index (χ1v) is 28.1. The van der Waals surface area contributed by atoms with Gasteiger partial charge in [-0.25, -0.2) is 0 Å². The summed E-state index contributed by atoms with van der Waals surface area (Å²) in [6, 6.07) is 0. The van der Waals surface area contributed by atoms with Crippen molar-refractivity contribution in [2.45, 2.75) is 271 Å². The Morgan fingerprint density at radius 2 is 0.597 bits per heavy atom. The molecular formula is C61H104O6. The number of carbonyl (C=O) groups is 3. The Hall–Kier alpha value is -3.41. The number of esters is 3. The summed E-state index contributed by atoms with van der Waals surface area (Å²) in [6.07, 6.45) is 71.5. The molecule has 0 aliphatic carbocycles. The minimum atomic E-state index is -0.822. The van der Waals surface area contributed by atoms with E-state index in [2.05, 4.69) is 106 Å². The maximum Gasteiger partial charge on any atom is 0.306 e. The molecule has 0 amide bonds. The Balaban J connectivity index is 4.55. The Labute approximate surface area is 414 Å². The number of ether oxygens (including phenoxy) is 3. The SMILES string of the molecule is CCCCCCCC/C=C\C/C=C\C/C=C\CCCC(=O)OCC(COC(=O)CCCCC/C=C\C=C/CCCCCCCCC)OC(=O)CCCCC/C=C\C=C/CCCCCCCCC. The number of hydrogen-bond donors (Lipinski definition) is 0. The van der Waals surface area contributed by atoms with Crippen molar-refractivity contribution in [1.82, 2.24) is 0 Å². The molecule has 0 aliphatic rings. The number of allylic oxidation sites excluding steroid dienone is 14. The van der Waals surface area contributed by atoms with Crippen LogP contribution in [0.1, 0.15) is 265 Å². The molecule has 0 radical (unpaired) electrons. The lowest BCUT2D eigenvalue weighted by molar-refractivity contribution is -0.167. The molecule has 0 aromatic rings. The molecule has 0 saturated heterocycles. The predicted octanol–water partition coefficient (Wildman–Crippen LogP) is 18.8. The summed E-state index contributed by atoms with van der Waals surface area (Å²) in [5, 5.41) is 0. The van der Waals surface area contributed by atoms with Gasteiger partial charge in [-0.3, -0.25) is 14.4 Å². The second kappa shape index (κ2) is 55.2. The van der Waals surface area contributed by atoms with Crippen LogP contribution in [0.2, 0.25) is 0 Å². The summed E-state index contributed by atoms with van der Waals surface area (Å²) in [4.78, 5) is 38.1. The Morgan fingerprint density at radius 3 is 0.985 bits per heavy atom. The zero-order chi connectivity index (χ0) is 48.6. The van der Waals surface area contributed by atoms with Gasteiger partial charge in [-0.15, -0.1) is 0 Å². The molecule has 1 unspecified atom stereocenters. The Bertz CT molecular complexity index is 1300. The third kappa shape index (κ3) is 53.4. The molecule has 1 atom stereocenters. The van der Waals surface area contributed by atoms with Crippen LogP contribution in [-0.4, -0.2) is 37.2 Å². The molecule has 0 aromatic carbocycles.